The van der Waals surface area contributed by atoms with Gasteiger partial charge in [0.25, 0.3) is 0 Å². The van der Waals surface area contributed by atoms with Gasteiger partial charge >= 0.3 is 0 Å². The minimum Gasteiger partial charge on any atom is -0.495 e. The van der Waals surface area contributed by atoms with E-state index < -0.39 is 0 Å². The van der Waals surface area contributed by atoms with Gasteiger partial charge in [0.2, 0.25) is 11.8 Å². The Hall–Kier alpha value is -1.75. The van der Waals surface area contributed by atoms with E-state index in [9.17, 15) is 9.59 Å². The molecule has 1 rings (SSSR count). The van der Waals surface area contributed by atoms with E-state index in [4.69, 9.17) is 16.3 Å². The molecule has 0 aliphatic carbocycles. The Morgan fingerprint density at radius 1 is 1.32 bits per heavy atom. The van der Waals surface area contributed by atoms with Crippen LogP contribution in [0, 0.1) is 0 Å². The lowest BCUT2D eigenvalue weighted by molar-refractivity contribution is -0.122. The third-order valence-electron chi connectivity index (χ3n) is 2.89. The number of amides is 2. The monoisotopic (exact) mass is 326 g/mol. The van der Waals surface area contributed by atoms with E-state index in [1.807, 2.05) is 20.8 Å². The number of rotatable bonds is 5. The van der Waals surface area contributed by atoms with Crippen molar-refractivity contribution in [3.63, 3.8) is 0 Å². The Kier molecular flexibility index (Phi) is 6.23. The minimum atomic E-state index is -0.300. The highest BCUT2D eigenvalue weighted by atomic mass is 35.5. The zero-order chi connectivity index (χ0) is 16.9. The topological polar surface area (TPSA) is 58.6 Å². The molecule has 0 aliphatic heterocycles. The molecule has 22 heavy (non-hydrogen) atoms. The van der Waals surface area contributed by atoms with E-state index >= 15 is 0 Å². The van der Waals surface area contributed by atoms with Gasteiger partial charge in [-0.1, -0.05) is 11.6 Å². The molecule has 1 aromatic rings. The Balaban J connectivity index is 2.90. The van der Waals surface area contributed by atoms with Crippen molar-refractivity contribution in [2.24, 2.45) is 0 Å². The van der Waals surface area contributed by atoms with E-state index in [1.165, 1.54) is 18.9 Å². The zero-order valence-corrected chi connectivity index (χ0v) is 14.5. The summed E-state index contributed by atoms with van der Waals surface area (Å²) < 4.78 is 5.27. The fourth-order valence-electron chi connectivity index (χ4n) is 2.02. The molecule has 1 aromatic carbocycles. The van der Waals surface area contributed by atoms with Gasteiger partial charge in [-0.2, -0.15) is 0 Å². The number of nitrogens with one attached hydrogen (secondary N) is 1. The summed E-state index contributed by atoms with van der Waals surface area (Å²) in [6.07, 6.45) is 0.201. The summed E-state index contributed by atoms with van der Waals surface area (Å²) in [6, 6.07) is 5.04. The van der Waals surface area contributed by atoms with Crippen LogP contribution in [0.15, 0.2) is 18.2 Å². The molecule has 1 N–H and O–H groups in total. The maximum atomic E-state index is 11.9. The number of anilines is 1. The molecule has 0 heterocycles. The van der Waals surface area contributed by atoms with Crippen LogP contribution < -0.4 is 15.0 Å². The number of hydrogen-bond donors (Lipinski definition) is 1. The second kappa shape index (κ2) is 7.49. The maximum Gasteiger partial charge on any atom is 0.223 e. The Morgan fingerprint density at radius 2 is 1.95 bits per heavy atom. The molecule has 6 heteroatoms. The molecule has 122 valence electrons. The summed E-state index contributed by atoms with van der Waals surface area (Å²) in [6.45, 7) is 7.44. The molecule has 0 spiro atoms. The van der Waals surface area contributed by atoms with Gasteiger partial charge < -0.3 is 15.0 Å². The van der Waals surface area contributed by atoms with Crippen LogP contribution in [0.2, 0.25) is 5.02 Å². The fourth-order valence-corrected chi connectivity index (χ4v) is 2.18. The second-order valence-corrected chi connectivity index (χ2v) is 6.47. The smallest absolute Gasteiger partial charge is 0.223 e. The van der Waals surface area contributed by atoms with E-state index in [0.29, 0.717) is 16.5 Å². The van der Waals surface area contributed by atoms with Crippen molar-refractivity contribution in [1.29, 1.82) is 0 Å². The zero-order valence-electron chi connectivity index (χ0n) is 13.7. The van der Waals surface area contributed by atoms with Crippen LogP contribution in [0.3, 0.4) is 0 Å². The summed E-state index contributed by atoms with van der Waals surface area (Å²) in [5.74, 6) is 0.250. The fraction of sp³-hybridized carbons (Fsp3) is 0.500. The third-order valence-corrected chi connectivity index (χ3v) is 3.12. The summed E-state index contributed by atoms with van der Waals surface area (Å²) >= 11 is 6.00. The van der Waals surface area contributed by atoms with Gasteiger partial charge in [-0.3, -0.25) is 9.59 Å². The number of halogens is 1. The first-order valence-electron chi connectivity index (χ1n) is 7.06. The van der Waals surface area contributed by atoms with Gasteiger partial charge in [-0.05, 0) is 39.0 Å². The Bertz CT molecular complexity index is 553. The molecule has 5 nitrogen and oxygen atoms in total. The molecular formula is C16H23ClN2O3. The highest BCUT2D eigenvalue weighted by molar-refractivity contribution is 6.31. The van der Waals surface area contributed by atoms with Gasteiger partial charge in [0, 0.05) is 30.5 Å². The first-order chi connectivity index (χ1) is 10.1. The molecule has 0 saturated heterocycles. The van der Waals surface area contributed by atoms with Crippen molar-refractivity contribution in [1.82, 2.24) is 5.32 Å². The van der Waals surface area contributed by atoms with E-state index in [1.54, 1.807) is 18.2 Å². The van der Waals surface area contributed by atoms with Crippen LogP contribution in [0.5, 0.6) is 5.75 Å². The van der Waals surface area contributed by atoms with Crippen molar-refractivity contribution < 1.29 is 14.3 Å². The van der Waals surface area contributed by atoms with Crippen molar-refractivity contribution in [2.75, 3.05) is 18.6 Å². The van der Waals surface area contributed by atoms with Crippen molar-refractivity contribution in [2.45, 2.75) is 39.7 Å². The van der Waals surface area contributed by atoms with Crippen LogP contribution in [-0.4, -0.2) is 31.0 Å². The first kappa shape index (κ1) is 18.3. The number of carbonyl (C=O) groups excluding carboxylic acids is 2. The van der Waals surface area contributed by atoms with Gasteiger partial charge in [-0.25, -0.2) is 0 Å². The minimum absolute atomic E-state index is 0.111. The largest absolute Gasteiger partial charge is 0.495 e. The molecule has 0 bridgehead atoms. The lowest BCUT2D eigenvalue weighted by Crippen LogP contribution is -2.42. The van der Waals surface area contributed by atoms with Gasteiger partial charge in [0.1, 0.15) is 5.75 Å². The number of methoxy groups -OCH3 is 1. The molecule has 0 fully saturated rings. The number of ether oxygens (including phenoxy) is 1. The molecule has 0 unspecified atom stereocenters. The van der Waals surface area contributed by atoms with Crippen LogP contribution >= 0.6 is 11.6 Å². The SMILES string of the molecule is COc1ccc(Cl)cc1N(CCC(=O)NC(C)(C)C)C(C)=O. The Morgan fingerprint density at radius 3 is 2.45 bits per heavy atom. The molecule has 0 saturated carbocycles. The average Bonchev–Trinajstić information content (AvgIpc) is 2.36. The maximum absolute atomic E-state index is 11.9. The molecule has 0 aliphatic rings. The van der Waals surface area contributed by atoms with Gasteiger partial charge in [-0.15, -0.1) is 0 Å². The lowest BCUT2D eigenvalue weighted by atomic mass is 10.1. The Labute approximate surface area is 136 Å². The van der Waals surface area contributed by atoms with Crippen LogP contribution in [0.25, 0.3) is 0 Å². The predicted molar refractivity (Wildman–Crippen MR) is 88.5 cm³/mol. The molecular weight excluding hydrogens is 304 g/mol. The normalized spacial score (nSPS) is 11.0. The summed E-state index contributed by atoms with van der Waals surface area (Å²) in [5, 5.41) is 3.37. The standard InChI is InChI=1S/C16H23ClN2O3/c1-11(20)19(9-8-15(21)18-16(2,3)4)13-10-12(17)6-7-14(13)22-5/h6-7,10H,8-9H2,1-5H3,(H,18,21). The van der Waals surface area contributed by atoms with Crippen molar-refractivity contribution in [3.05, 3.63) is 23.2 Å². The van der Waals surface area contributed by atoms with Crippen LogP contribution in [0.1, 0.15) is 34.1 Å². The summed E-state index contributed by atoms with van der Waals surface area (Å²) in [7, 11) is 1.53. The van der Waals surface area contributed by atoms with E-state index in [2.05, 4.69) is 5.32 Å². The highest BCUT2D eigenvalue weighted by Crippen LogP contribution is 2.31. The highest BCUT2D eigenvalue weighted by Gasteiger charge is 2.19. The average molecular weight is 327 g/mol. The lowest BCUT2D eigenvalue weighted by Gasteiger charge is -2.25. The predicted octanol–water partition coefficient (Wildman–Crippen LogP) is 3.01. The number of carbonyl (C=O) groups is 2. The molecule has 0 aromatic heterocycles. The number of nitrogens with zero attached hydrogens (tertiary/aromatic N) is 1. The first-order valence-corrected chi connectivity index (χ1v) is 7.44. The molecule has 0 radical (unpaired) electrons. The molecule has 2 amide bonds. The van der Waals surface area contributed by atoms with Crippen molar-refractivity contribution in [3.8, 4) is 5.75 Å². The van der Waals surface area contributed by atoms with Crippen LogP contribution in [0.4, 0.5) is 5.69 Å². The van der Waals surface area contributed by atoms with Crippen molar-refractivity contribution >= 4 is 29.1 Å². The van der Waals surface area contributed by atoms with Crippen LogP contribution in [-0.2, 0) is 9.59 Å². The van der Waals surface area contributed by atoms with Gasteiger partial charge in [0.05, 0.1) is 12.8 Å². The summed E-state index contributed by atoms with van der Waals surface area (Å²) in [4.78, 5) is 25.3. The second-order valence-electron chi connectivity index (χ2n) is 6.04. The number of benzene rings is 1. The van der Waals surface area contributed by atoms with E-state index in [-0.39, 0.29) is 30.3 Å². The number of hydrogen-bond acceptors (Lipinski definition) is 3. The molecule has 0 atom stereocenters. The third kappa shape index (κ3) is 5.56. The van der Waals surface area contributed by atoms with Gasteiger partial charge in [0.15, 0.2) is 0 Å². The summed E-state index contributed by atoms with van der Waals surface area (Å²) in [5.41, 5.74) is 0.261. The van der Waals surface area contributed by atoms with E-state index in [0.717, 1.165) is 0 Å². The quantitative estimate of drug-likeness (QED) is 0.905.